The van der Waals surface area contributed by atoms with E-state index in [9.17, 15) is 0 Å². The standard InChI is InChI=1S/C3H9NO.Pt/c1-4-2-3-5;/h4-5H,2-3H2,1H3;. The molecule has 2 nitrogen and oxygen atoms in total. The molecule has 0 unspecified atom stereocenters. The van der Waals surface area contributed by atoms with Crippen LogP contribution in [0.4, 0.5) is 0 Å². The molecular weight excluding hydrogens is 261 g/mol. The number of nitrogens with one attached hydrogen (secondary N) is 1. The molecule has 0 aliphatic heterocycles. The first-order chi connectivity index (χ1) is 2.41. The number of hydrogen-bond acceptors (Lipinski definition) is 2. The Balaban J connectivity index is 0. The van der Waals surface area contributed by atoms with Crippen molar-refractivity contribution in [3.8, 4) is 0 Å². The van der Waals surface area contributed by atoms with Crippen molar-refractivity contribution in [1.82, 2.24) is 5.32 Å². The molecule has 0 fully saturated rings. The average molecular weight is 270 g/mol. The van der Waals surface area contributed by atoms with Crippen molar-refractivity contribution in [1.29, 1.82) is 0 Å². The van der Waals surface area contributed by atoms with E-state index in [1.807, 2.05) is 0 Å². The first-order valence-electron chi connectivity index (χ1n) is 1.67. The van der Waals surface area contributed by atoms with Crippen LogP contribution in [0.15, 0.2) is 0 Å². The van der Waals surface area contributed by atoms with Gasteiger partial charge in [-0.25, -0.2) is 0 Å². The van der Waals surface area contributed by atoms with Crippen molar-refractivity contribution < 1.29 is 26.2 Å². The molecule has 3 heteroatoms. The largest absolute Gasteiger partial charge is 0.395 e. The van der Waals surface area contributed by atoms with Gasteiger partial charge in [0.05, 0.1) is 6.61 Å². The number of likely N-dealkylation sites (N-methyl/N-ethyl adjacent to an activating group) is 1. The fraction of sp³-hybridized carbons (Fsp3) is 1.00. The fourth-order valence-electron chi connectivity index (χ4n) is 0.112. The van der Waals surface area contributed by atoms with Gasteiger partial charge in [-0.05, 0) is 7.05 Å². The first-order valence-corrected chi connectivity index (χ1v) is 1.67. The van der Waals surface area contributed by atoms with Crippen LogP contribution in [0.3, 0.4) is 0 Å². The maximum absolute atomic E-state index is 8.00. The van der Waals surface area contributed by atoms with Crippen LogP contribution < -0.4 is 5.32 Å². The third kappa shape index (κ3) is 8.82. The van der Waals surface area contributed by atoms with Crippen LogP contribution in [0.25, 0.3) is 0 Å². The Morgan fingerprint density at radius 1 is 1.67 bits per heavy atom. The van der Waals surface area contributed by atoms with Crippen LogP contribution in [-0.2, 0) is 21.1 Å². The first kappa shape index (κ1) is 9.79. The van der Waals surface area contributed by atoms with Crippen LogP contribution in [0, 0.1) is 0 Å². The zero-order chi connectivity index (χ0) is 4.12. The van der Waals surface area contributed by atoms with Crippen molar-refractivity contribution in [2.45, 2.75) is 0 Å². The molecule has 2 N–H and O–H groups in total. The van der Waals surface area contributed by atoms with E-state index in [0.717, 1.165) is 0 Å². The Bertz CT molecular complexity index is 18.3. The molecule has 0 aromatic rings. The summed E-state index contributed by atoms with van der Waals surface area (Å²) in [6.07, 6.45) is 0. The van der Waals surface area contributed by atoms with E-state index >= 15 is 0 Å². The van der Waals surface area contributed by atoms with Gasteiger partial charge in [-0.15, -0.1) is 0 Å². The van der Waals surface area contributed by atoms with Gasteiger partial charge in [0.15, 0.2) is 0 Å². The molecule has 0 saturated heterocycles. The van der Waals surface area contributed by atoms with E-state index in [0.29, 0.717) is 6.54 Å². The summed E-state index contributed by atoms with van der Waals surface area (Å²) >= 11 is 0. The van der Waals surface area contributed by atoms with E-state index in [1.54, 1.807) is 7.05 Å². The third-order valence-electron chi connectivity index (χ3n) is 0.362. The van der Waals surface area contributed by atoms with E-state index in [4.69, 9.17) is 5.11 Å². The summed E-state index contributed by atoms with van der Waals surface area (Å²) in [6.45, 7) is 0.927. The molecular formula is C3H9NOPt. The normalized spacial score (nSPS) is 7.00. The summed E-state index contributed by atoms with van der Waals surface area (Å²) in [5.74, 6) is 0. The van der Waals surface area contributed by atoms with Gasteiger partial charge in [-0.2, -0.15) is 0 Å². The molecule has 0 rings (SSSR count). The van der Waals surface area contributed by atoms with Crippen molar-refractivity contribution in [2.75, 3.05) is 20.2 Å². The second kappa shape index (κ2) is 9.15. The summed E-state index contributed by atoms with van der Waals surface area (Å²) in [5.41, 5.74) is 0. The molecule has 0 aromatic carbocycles. The number of hydrogen-bond donors (Lipinski definition) is 2. The van der Waals surface area contributed by atoms with Crippen LogP contribution in [0.1, 0.15) is 0 Å². The maximum Gasteiger partial charge on any atom is 0.0555 e. The Labute approximate surface area is 52.2 Å². The predicted octanol–water partition coefficient (Wildman–Crippen LogP) is -0.804. The van der Waals surface area contributed by atoms with Gasteiger partial charge in [-0.1, -0.05) is 0 Å². The van der Waals surface area contributed by atoms with Crippen LogP contribution in [0.2, 0.25) is 0 Å². The monoisotopic (exact) mass is 270 g/mol. The van der Waals surface area contributed by atoms with Crippen molar-refractivity contribution in [2.24, 2.45) is 0 Å². The zero-order valence-electron chi connectivity index (χ0n) is 3.68. The topological polar surface area (TPSA) is 32.3 Å². The summed E-state index contributed by atoms with van der Waals surface area (Å²) in [4.78, 5) is 0. The molecule has 0 saturated carbocycles. The summed E-state index contributed by atoms with van der Waals surface area (Å²) in [7, 11) is 1.80. The summed E-state index contributed by atoms with van der Waals surface area (Å²) in [5, 5.41) is 10.8. The average Bonchev–Trinajstić information content (AvgIpc) is 1.41. The van der Waals surface area contributed by atoms with Crippen LogP contribution >= 0.6 is 0 Å². The molecule has 42 valence electrons. The molecule has 0 radical (unpaired) electrons. The molecule has 0 atom stereocenters. The van der Waals surface area contributed by atoms with Gasteiger partial charge in [0.2, 0.25) is 0 Å². The maximum atomic E-state index is 8.00. The van der Waals surface area contributed by atoms with E-state index in [1.165, 1.54) is 0 Å². The molecule has 0 amide bonds. The Morgan fingerprint density at radius 3 is 2.17 bits per heavy atom. The minimum Gasteiger partial charge on any atom is -0.395 e. The zero-order valence-corrected chi connectivity index (χ0v) is 5.95. The number of aliphatic hydroxyl groups excluding tert-OH is 1. The Hall–Kier alpha value is 0.608. The second-order valence-corrected chi connectivity index (χ2v) is 0.827. The molecule has 0 spiro atoms. The molecule has 0 aromatic heterocycles. The van der Waals surface area contributed by atoms with Crippen molar-refractivity contribution in [3.63, 3.8) is 0 Å². The van der Waals surface area contributed by atoms with Gasteiger partial charge in [0.1, 0.15) is 0 Å². The molecule has 0 aliphatic carbocycles. The Kier molecular flexibility index (Phi) is 14.9. The summed E-state index contributed by atoms with van der Waals surface area (Å²) < 4.78 is 0. The van der Waals surface area contributed by atoms with Crippen LogP contribution in [0.5, 0.6) is 0 Å². The van der Waals surface area contributed by atoms with E-state index < -0.39 is 0 Å². The minimum absolute atomic E-state index is 0. The van der Waals surface area contributed by atoms with Gasteiger partial charge in [0, 0.05) is 27.6 Å². The molecule has 6 heavy (non-hydrogen) atoms. The van der Waals surface area contributed by atoms with Gasteiger partial charge >= 0.3 is 0 Å². The van der Waals surface area contributed by atoms with Gasteiger partial charge < -0.3 is 10.4 Å². The third-order valence-corrected chi connectivity index (χ3v) is 0.362. The van der Waals surface area contributed by atoms with Crippen LogP contribution in [-0.4, -0.2) is 25.3 Å². The smallest absolute Gasteiger partial charge is 0.0555 e. The Morgan fingerprint density at radius 2 is 2.17 bits per heavy atom. The molecule has 0 aliphatic rings. The van der Waals surface area contributed by atoms with E-state index in [-0.39, 0.29) is 27.7 Å². The minimum atomic E-state index is 0. The molecule has 0 bridgehead atoms. The second-order valence-electron chi connectivity index (χ2n) is 0.827. The van der Waals surface area contributed by atoms with Gasteiger partial charge in [-0.3, -0.25) is 0 Å². The number of aliphatic hydroxyl groups is 1. The predicted molar refractivity (Wildman–Crippen MR) is 21.0 cm³/mol. The SMILES string of the molecule is CNCCO.[Pt]. The van der Waals surface area contributed by atoms with Gasteiger partial charge in [0.25, 0.3) is 0 Å². The van der Waals surface area contributed by atoms with Crippen molar-refractivity contribution >= 4 is 0 Å². The molecule has 0 heterocycles. The number of rotatable bonds is 2. The summed E-state index contributed by atoms with van der Waals surface area (Å²) in [6, 6.07) is 0. The fourth-order valence-corrected chi connectivity index (χ4v) is 0.112. The van der Waals surface area contributed by atoms with Crippen molar-refractivity contribution in [3.05, 3.63) is 0 Å². The quantitative estimate of drug-likeness (QED) is 0.688. The van der Waals surface area contributed by atoms with E-state index in [2.05, 4.69) is 5.32 Å².